The predicted octanol–water partition coefficient (Wildman–Crippen LogP) is 12.4. The minimum absolute atomic E-state index is 0.0815. The molecule has 80 heavy (non-hydrogen) atoms. The lowest BCUT2D eigenvalue weighted by atomic mass is 9.79. The fourth-order valence-electron chi connectivity index (χ4n) is 10.2. The molecule has 2 fully saturated rings. The number of carbonyl (C=O) groups excluding carboxylic acids is 1. The summed E-state index contributed by atoms with van der Waals surface area (Å²) in [6, 6.07) is 48.7. The van der Waals surface area contributed by atoms with E-state index in [1.807, 2.05) is 171 Å². The molecule has 0 unspecified atom stereocenters. The minimum atomic E-state index is -2.40. The smallest absolute Gasteiger partial charge is 0.339 e. The summed E-state index contributed by atoms with van der Waals surface area (Å²) in [4.78, 5) is 13.1. The second-order valence-electron chi connectivity index (χ2n) is 20.4. The molecule has 0 spiro atoms. The van der Waals surface area contributed by atoms with Gasteiger partial charge >= 0.3 is 5.97 Å². The number of ether oxygens (including phenoxy) is 10. The molecule has 2 saturated heterocycles. The Labute approximate surface area is 463 Å². The Kier molecular flexibility index (Phi) is 20.5. The second-order valence-corrected chi connectivity index (χ2v) is 20.4. The van der Waals surface area contributed by atoms with E-state index in [-0.39, 0.29) is 57.9 Å². The van der Waals surface area contributed by atoms with Gasteiger partial charge in [-0.1, -0.05) is 171 Å². The molecule has 422 valence electrons. The topological polar surface area (TPSA) is 109 Å². The summed E-state index contributed by atoms with van der Waals surface area (Å²) in [5.41, 5.74) is 3.34. The van der Waals surface area contributed by atoms with Gasteiger partial charge < -0.3 is 47.4 Å². The van der Waals surface area contributed by atoms with Crippen LogP contribution >= 0.6 is 0 Å². The fourth-order valence-corrected chi connectivity index (χ4v) is 10.2. The van der Waals surface area contributed by atoms with Crippen molar-refractivity contribution in [2.75, 3.05) is 13.2 Å². The number of benzene rings is 6. The third-order valence-corrected chi connectivity index (χ3v) is 14.6. The van der Waals surface area contributed by atoms with Gasteiger partial charge in [0.25, 0.3) is 0 Å². The van der Waals surface area contributed by atoms with Crippen LogP contribution in [-0.2, 0) is 80.5 Å². The molecule has 3 heterocycles. The Morgan fingerprint density at radius 1 is 0.588 bits per heavy atom. The zero-order valence-corrected chi connectivity index (χ0v) is 44.5. The first-order chi connectivity index (χ1) is 38.9. The number of hydrogen-bond donors (Lipinski definition) is 0. The molecule has 11 atom stereocenters. The van der Waals surface area contributed by atoms with Crippen LogP contribution in [0, 0.1) is 35.0 Å². The van der Waals surface area contributed by atoms with Gasteiger partial charge in [-0.3, -0.25) is 0 Å². The maximum atomic E-state index is 14.6. The summed E-state index contributed by atoms with van der Waals surface area (Å²) >= 11 is 0. The Hall–Kier alpha value is -6.60. The summed E-state index contributed by atoms with van der Waals surface area (Å²) in [6.07, 6.45) is 1.12. The summed E-state index contributed by atoms with van der Waals surface area (Å²) in [6.45, 7) is 5.64. The van der Waals surface area contributed by atoms with Crippen molar-refractivity contribution in [1.29, 1.82) is 0 Å². The van der Waals surface area contributed by atoms with E-state index in [1.165, 1.54) is 0 Å². The Bertz CT molecular complexity index is 2910. The molecule has 11 nitrogen and oxygen atoms in total. The van der Waals surface area contributed by atoms with E-state index in [9.17, 15) is 26.7 Å². The molecule has 0 N–H and O–H groups in total. The molecule has 16 heteroatoms. The second kappa shape index (κ2) is 28.2. The molecule has 3 aliphatic heterocycles. The Balaban J connectivity index is 1.01. The van der Waals surface area contributed by atoms with Gasteiger partial charge in [0.15, 0.2) is 0 Å². The van der Waals surface area contributed by atoms with Gasteiger partial charge in [-0.2, -0.15) is 8.78 Å². The predicted molar refractivity (Wildman–Crippen MR) is 286 cm³/mol. The number of carbonyl (C=O) groups is 1. The lowest BCUT2D eigenvalue weighted by Gasteiger charge is -2.51. The van der Waals surface area contributed by atoms with Crippen LogP contribution in [0.15, 0.2) is 176 Å². The van der Waals surface area contributed by atoms with Gasteiger partial charge in [0, 0.05) is 12.8 Å². The van der Waals surface area contributed by atoms with Crippen molar-refractivity contribution >= 4 is 5.97 Å². The Morgan fingerprint density at radius 3 is 1.62 bits per heavy atom. The molecule has 0 saturated carbocycles. The molecule has 0 radical (unpaired) electrons. The van der Waals surface area contributed by atoms with Gasteiger partial charge in [0.2, 0.25) is 34.8 Å². The van der Waals surface area contributed by atoms with Gasteiger partial charge in [-0.15, -0.1) is 0 Å². The van der Waals surface area contributed by atoms with Gasteiger partial charge in [0.05, 0.1) is 83.0 Å². The van der Waals surface area contributed by atoms with Crippen LogP contribution < -0.4 is 4.74 Å². The largest absolute Gasteiger partial charge is 0.495 e. The van der Waals surface area contributed by atoms with Crippen LogP contribution in [0.2, 0.25) is 0 Å². The molecular formula is C64H65F5O11. The first-order valence-electron chi connectivity index (χ1n) is 26.8. The monoisotopic (exact) mass is 1100 g/mol. The highest BCUT2D eigenvalue weighted by Gasteiger charge is 2.54. The van der Waals surface area contributed by atoms with E-state index in [1.54, 1.807) is 0 Å². The average molecular weight is 1110 g/mol. The zero-order valence-electron chi connectivity index (χ0n) is 44.5. The normalized spacial score (nSPS) is 25.2. The maximum absolute atomic E-state index is 14.6. The molecule has 0 bridgehead atoms. The molecule has 3 aliphatic rings. The summed E-state index contributed by atoms with van der Waals surface area (Å²) < 4.78 is 137. The quantitative estimate of drug-likeness (QED) is 0.00845. The molecular weight excluding hydrogens is 1040 g/mol. The van der Waals surface area contributed by atoms with E-state index < -0.39 is 95.2 Å². The summed E-state index contributed by atoms with van der Waals surface area (Å²) in [5.74, 6) is -14.9. The number of fused-ring (bicyclic) bond motifs is 1. The third-order valence-electron chi connectivity index (χ3n) is 14.6. The lowest BCUT2D eigenvalue weighted by Crippen LogP contribution is -2.63. The fraction of sp³-hybridized carbons (Fsp3) is 0.359. The summed E-state index contributed by atoms with van der Waals surface area (Å²) in [7, 11) is 0. The van der Waals surface area contributed by atoms with Gasteiger partial charge in [-0.25, -0.2) is 18.0 Å². The van der Waals surface area contributed by atoms with Crippen LogP contribution in [0.5, 0.6) is 5.75 Å². The SMILES string of the molecule is C[C@H]1C[C@H]2O[C@@H](COCc3ccccc3)[C@H](OCc3ccccc3)C=C[C@@H]2O[C@@H]1C[C@@H](OCc1ccccc1)[C@]1(C)O[C@H](COCc2ccccc2)[C@@H](OCc2ccccc2)C[C@H]1O/C=C/C(=O)Oc1c(F)c(F)c(F)c(F)c1F. The number of esters is 1. The highest BCUT2D eigenvalue weighted by molar-refractivity contribution is 5.83. The highest BCUT2D eigenvalue weighted by Crippen LogP contribution is 2.42. The first kappa shape index (κ1) is 58.1. The van der Waals surface area contributed by atoms with Crippen molar-refractivity contribution in [3.63, 3.8) is 0 Å². The van der Waals surface area contributed by atoms with E-state index in [4.69, 9.17) is 42.6 Å². The third kappa shape index (κ3) is 15.2. The van der Waals surface area contributed by atoms with Crippen molar-refractivity contribution in [1.82, 2.24) is 0 Å². The molecule has 0 aliphatic carbocycles. The first-order valence-corrected chi connectivity index (χ1v) is 26.8. The van der Waals surface area contributed by atoms with Gasteiger partial charge in [-0.05, 0) is 47.1 Å². The molecule has 6 aromatic rings. The van der Waals surface area contributed by atoms with E-state index in [0.717, 1.165) is 34.1 Å². The molecule has 0 amide bonds. The molecule has 0 aromatic heterocycles. The maximum Gasteiger partial charge on any atom is 0.339 e. The van der Waals surface area contributed by atoms with Crippen molar-refractivity contribution < 1.29 is 74.1 Å². The molecule has 6 aromatic carbocycles. The standard InChI is InChI=1S/C64H65F5O11/c1-42-32-52-49(29-28-48(74-37-45-22-12-5-13-23-45)53(78-52)40-71-35-43-18-8-3-9-19-43)77-50(42)33-56(76-39-47-26-16-7-17-27-47)64(2)55(73-31-30-57(70)79-63-61(68)59(66)58(65)60(67)62(63)69)34-51(75-38-46-24-14-6-15-25-46)54(80-64)41-72-36-44-20-10-4-11-21-44/h3-31,42,48-56H,32-41H2,1-2H3/b31-30+/t42-,48+,49-,50+,51-,52+,53-,54+,55+,56+,64+/m0/s1. The van der Waals surface area contributed by atoms with Crippen molar-refractivity contribution in [3.05, 3.63) is 233 Å². The zero-order chi connectivity index (χ0) is 55.8. The lowest BCUT2D eigenvalue weighted by molar-refractivity contribution is -0.284. The van der Waals surface area contributed by atoms with Crippen LogP contribution in [0.4, 0.5) is 22.0 Å². The van der Waals surface area contributed by atoms with E-state index >= 15 is 0 Å². The van der Waals surface area contributed by atoms with Crippen LogP contribution in [0.3, 0.4) is 0 Å². The van der Waals surface area contributed by atoms with E-state index in [2.05, 4.69) is 11.7 Å². The molecule has 9 rings (SSSR count). The van der Waals surface area contributed by atoms with Crippen molar-refractivity contribution in [2.45, 2.75) is 127 Å². The van der Waals surface area contributed by atoms with E-state index in [0.29, 0.717) is 25.7 Å². The summed E-state index contributed by atoms with van der Waals surface area (Å²) in [5, 5.41) is 0. The highest BCUT2D eigenvalue weighted by atomic mass is 19.2. The Morgan fingerprint density at radius 2 is 1.07 bits per heavy atom. The van der Waals surface area contributed by atoms with Crippen molar-refractivity contribution in [3.8, 4) is 5.75 Å². The average Bonchev–Trinajstić information content (AvgIpc) is 3.74. The van der Waals surface area contributed by atoms with Crippen LogP contribution in [0.25, 0.3) is 0 Å². The number of halogens is 5. The van der Waals surface area contributed by atoms with Gasteiger partial charge in [0.1, 0.15) is 36.1 Å². The number of rotatable bonds is 24. The van der Waals surface area contributed by atoms with Crippen LogP contribution in [0.1, 0.15) is 60.9 Å². The van der Waals surface area contributed by atoms with Crippen LogP contribution in [-0.4, -0.2) is 79.7 Å². The van der Waals surface area contributed by atoms with Crippen molar-refractivity contribution in [2.24, 2.45) is 5.92 Å². The number of hydrogen-bond acceptors (Lipinski definition) is 11. The minimum Gasteiger partial charge on any atom is -0.495 e.